The van der Waals surface area contributed by atoms with E-state index in [0.29, 0.717) is 12.3 Å². The lowest BCUT2D eigenvalue weighted by Gasteiger charge is -2.09. The summed E-state index contributed by atoms with van der Waals surface area (Å²) in [7, 11) is 0. The summed E-state index contributed by atoms with van der Waals surface area (Å²) >= 11 is 1.63. The molecule has 1 amide bonds. The molecule has 4 nitrogen and oxygen atoms in total. The molecule has 1 aliphatic rings. The van der Waals surface area contributed by atoms with Crippen molar-refractivity contribution in [2.24, 2.45) is 0 Å². The van der Waals surface area contributed by atoms with E-state index in [9.17, 15) is 4.79 Å². The number of thiophene rings is 1. The summed E-state index contributed by atoms with van der Waals surface area (Å²) in [5, 5.41) is 5.99. The van der Waals surface area contributed by atoms with Crippen LogP contribution >= 0.6 is 11.3 Å². The highest BCUT2D eigenvalue weighted by atomic mass is 32.1. The van der Waals surface area contributed by atoms with Gasteiger partial charge in [0.2, 0.25) is 0 Å². The van der Waals surface area contributed by atoms with Gasteiger partial charge in [-0.05, 0) is 48.9 Å². The van der Waals surface area contributed by atoms with Gasteiger partial charge in [0.25, 0.3) is 5.91 Å². The first-order valence-electron chi connectivity index (χ1n) is 8.26. The Morgan fingerprint density at radius 3 is 3.04 bits per heavy atom. The smallest absolute Gasteiger partial charge is 0.258 e. The van der Waals surface area contributed by atoms with Gasteiger partial charge in [-0.3, -0.25) is 4.79 Å². The summed E-state index contributed by atoms with van der Waals surface area (Å²) in [5.74, 6) is 1.71. The molecule has 5 heteroatoms. The number of rotatable bonds is 5. The Morgan fingerprint density at radius 2 is 2.17 bits per heavy atom. The van der Waals surface area contributed by atoms with Crippen molar-refractivity contribution in [2.45, 2.75) is 32.2 Å². The number of carbonyl (C=O) groups is 1. The SMILES string of the molecule is O=C(COc1ccc2oc3c(c2c1)CCCC3)NCc1cccs1. The number of ether oxygens (including phenoxy) is 1. The molecule has 3 aromatic rings. The predicted octanol–water partition coefficient (Wildman–Crippen LogP) is 4.07. The van der Waals surface area contributed by atoms with Crippen LogP contribution in [0.15, 0.2) is 40.1 Å². The first-order valence-corrected chi connectivity index (χ1v) is 9.14. The number of amides is 1. The summed E-state index contributed by atoms with van der Waals surface area (Å²) in [6.07, 6.45) is 4.48. The fourth-order valence-corrected chi connectivity index (χ4v) is 3.77. The van der Waals surface area contributed by atoms with E-state index in [4.69, 9.17) is 9.15 Å². The van der Waals surface area contributed by atoms with E-state index >= 15 is 0 Å². The number of carbonyl (C=O) groups excluding carboxylic acids is 1. The zero-order chi connectivity index (χ0) is 16.4. The highest BCUT2D eigenvalue weighted by Gasteiger charge is 2.18. The monoisotopic (exact) mass is 341 g/mol. The van der Waals surface area contributed by atoms with Crippen LogP contribution in [0.25, 0.3) is 11.0 Å². The zero-order valence-corrected chi connectivity index (χ0v) is 14.2. The molecule has 0 atom stereocenters. The second-order valence-corrected chi connectivity index (χ2v) is 7.05. The molecule has 4 rings (SSSR count). The van der Waals surface area contributed by atoms with Crippen LogP contribution in [0.5, 0.6) is 5.75 Å². The third-order valence-electron chi connectivity index (χ3n) is 4.34. The van der Waals surface area contributed by atoms with Crippen LogP contribution < -0.4 is 10.1 Å². The van der Waals surface area contributed by atoms with E-state index in [-0.39, 0.29) is 12.5 Å². The van der Waals surface area contributed by atoms with Crippen molar-refractivity contribution < 1.29 is 13.9 Å². The largest absolute Gasteiger partial charge is 0.484 e. The van der Waals surface area contributed by atoms with Crippen molar-refractivity contribution in [1.29, 1.82) is 0 Å². The van der Waals surface area contributed by atoms with Gasteiger partial charge in [0.15, 0.2) is 6.61 Å². The molecule has 1 aliphatic carbocycles. The molecule has 0 aliphatic heterocycles. The van der Waals surface area contributed by atoms with Gasteiger partial charge in [-0.2, -0.15) is 0 Å². The van der Waals surface area contributed by atoms with E-state index in [1.807, 2.05) is 35.7 Å². The van der Waals surface area contributed by atoms with Crippen LogP contribution in [0.3, 0.4) is 0 Å². The molecular weight excluding hydrogens is 322 g/mol. The standard InChI is InChI=1S/C19H19NO3S/c21-19(20-11-14-4-3-9-24-14)12-22-13-7-8-18-16(10-13)15-5-1-2-6-17(15)23-18/h3-4,7-10H,1-2,5-6,11-12H2,(H,20,21). The number of benzene rings is 1. The highest BCUT2D eigenvalue weighted by Crippen LogP contribution is 2.33. The molecule has 124 valence electrons. The summed E-state index contributed by atoms with van der Waals surface area (Å²) in [5.41, 5.74) is 2.22. The summed E-state index contributed by atoms with van der Waals surface area (Å²) in [6, 6.07) is 9.77. The normalized spacial score (nSPS) is 13.7. The minimum atomic E-state index is -0.113. The minimum absolute atomic E-state index is 0.0247. The molecule has 2 heterocycles. The van der Waals surface area contributed by atoms with Crippen LogP contribution in [0.1, 0.15) is 29.0 Å². The number of nitrogens with one attached hydrogen (secondary N) is 1. The van der Waals surface area contributed by atoms with Gasteiger partial charge in [-0.1, -0.05) is 6.07 Å². The average Bonchev–Trinajstić information content (AvgIpc) is 3.25. The Bertz CT molecular complexity index is 851. The molecular formula is C19H19NO3S. The summed E-state index contributed by atoms with van der Waals surface area (Å²) in [4.78, 5) is 13.0. The average molecular weight is 341 g/mol. The van der Waals surface area contributed by atoms with Gasteiger partial charge in [-0.25, -0.2) is 0 Å². The molecule has 0 unspecified atom stereocenters. The Balaban J connectivity index is 1.40. The zero-order valence-electron chi connectivity index (χ0n) is 13.3. The van der Waals surface area contributed by atoms with Crippen molar-refractivity contribution in [3.8, 4) is 5.75 Å². The molecule has 0 saturated heterocycles. The van der Waals surface area contributed by atoms with E-state index in [1.165, 1.54) is 18.4 Å². The number of aryl methyl sites for hydroxylation is 2. The maximum Gasteiger partial charge on any atom is 0.258 e. The van der Waals surface area contributed by atoms with E-state index in [1.54, 1.807) is 11.3 Å². The molecule has 0 fully saturated rings. The highest BCUT2D eigenvalue weighted by molar-refractivity contribution is 7.09. The van der Waals surface area contributed by atoms with Crippen LogP contribution in [0, 0.1) is 0 Å². The lowest BCUT2D eigenvalue weighted by molar-refractivity contribution is -0.123. The molecule has 24 heavy (non-hydrogen) atoms. The maximum absolute atomic E-state index is 11.9. The summed E-state index contributed by atoms with van der Waals surface area (Å²) < 4.78 is 11.6. The van der Waals surface area contributed by atoms with Crippen LogP contribution in [-0.4, -0.2) is 12.5 Å². The fourth-order valence-electron chi connectivity index (χ4n) is 3.13. The fraction of sp³-hybridized carbons (Fsp3) is 0.316. The van der Waals surface area contributed by atoms with Gasteiger partial charge in [0.05, 0.1) is 6.54 Å². The first kappa shape index (κ1) is 15.3. The van der Waals surface area contributed by atoms with Crippen molar-refractivity contribution in [2.75, 3.05) is 6.61 Å². The number of hydrogen-bond donors (Lipinski definition) is 1. The minimum Gasteiger partial charge on any atom is -0.484 e. The Hall–Kier alpha value is -2.27. The van der Waals surface area contributed by atoms with Gasteiger partial charge >= 0.3 is 0 Å². The molecule has 1 aromatic carbocycles. The second kappa shape index (κ2) is 6.69. The number of hydrogen-bond acceptors (Lipinski definition) is 4. The molecule has 1 N–H and O–H groups in total. The summed E-state index contributed by atoms with van der Waals surface area (Å²) in [6.45, 7) is 0.574. The number of fused-ring (bicyclic) bond motifs is 3. The van der Waals surface area contributed by atoms with E-state index in [2.05, 4.69) is 5.32 Å². The maximum atomic E-state index is 11.9. The van der Waals surface area contributed by atoms with Crippen molar-refractivity contribution in [3.63, 3.8) is 0 Å². The van der Waals surface area contributed by atoms with Crippen molar-refractivity contribution >= 4 is 28.2 Å². The van der Waals surface area contributed by atoms with Gasteiger partial charge < -0.3 is 14.5 Å². The predicted molar refractivity (Wildman–Crippen MR) is 94.5 cm³/mol. The van der Waals surface area contributed by atoms with Gasteiger partial charge in [0, 0.05) is 22.2 Å². The lowest BCUT2D eigenvalue weighted by Crippen LogP contribution is -2.28. The van der Waals surface area contributed by atoms with Crippen LogP contribution in [0.4, 0.5) is 0 Å². The second-order valence-electron chi connectivity index (χ2n) is 6.01. The van der Waals surface area contributed by atoms with Crippen LogP contribution in [0.2, 0.25) is 0 Å². The first-order chi connectivity index (χ1) is 11.8. The third kappa shape index (κ3) is 3.17. The van der Waals surface area contributed by atoms with E-state index in [0.717, 1.165) is 34.4 Å². The van der Waals surface area contributed by atoms with Gasteiger partial charge in [0.1, 0.15) is 17.1 Å². The van der Waals surface area contributed by atoms with Crippen molar-refractivity contribution in [3.05, 3.63) is 51.9 Å². The third-order valence-corrected chi connectivity index (χ3v) is 5.21. The van der Waals surface area contributed by atoms with Crippen molar-refractivity contribution in [1.82, 2.24) is 5.32 Å². The molecule has 0 radical (unpaired) electrons. The molecule has 0 saturated carbocycles. The Morgan fingerprint density at radius 1 is 1.25 bits per heavy atom. The molecule has 0 bridgehead atoms. The lowest BCUT2D eigenvalue weighted by atomic mass is 9.96. The molecule has 2 aromatic heterocycles. The Labute approximate surface area is 144 Å². The quantitative estimate of drug-likeness (QED) is 0.761. The topological polar surface area (TPSA) is 51.5 Å². The van der Waals surface area contributed by atoms with E-state index < -0.39 is 0 Å². The Kier molecular flexibility index (Phi) is 4.26. The van der Waals surface area contributed by atoms with Gasteiger partial charge in [-0.15, -0.1) is 11.3 Å². The van der Waals surface area contributed by atoms with Crippen LogP contribution in [-0.2, 0) is 24.2 Å². The molecule has 0 spiro atoms. The number of furan rings is 1.